The predicted molar refractivity (Wildman–Crippen MR) is 70.7 cm³/mol. The van der Waals surface area contributed by atoms with Gasteiger partial charge in [0, 0.05) is 5.69 Å². The van der Waals surface area contributed by atoms with Crippen molar-refractivity contribution in [2.24, 2.45) is 0 Å². The van der Waals surface area contributed by atoms with Crippen LogP contribution >= 0.6 is 11.6 Å². The number of nitrogens with two attached hydrogens (primary N) is 1. The van der Waals surface area contributed by atoms with Gasteiger partial charge in [-0.1, -0.05) is 23.7 Å². The lowest BCUT2D eigenvalue weighted by Gasteiger charge is -2.11. The molecule has 0 unspecified atom stereocenters. The summed E-state index contributed by atoms with van der Waals surface area (Å²) in [6.07, 6.45) is 1.38. The minimum atomic E-state index is 0.257. The first-order valence-electron chi connectivity index (χ1n) is 5.18. The molecule has 2 rings (SSSR count). The molecule has 1 heterocycles. The first kappa shape index (κ1) is 11.7. The van der Waals surface area contributed by atoms with E-state index in [1.54, 1.807) is 0 Å². The Bertz CT molecular complexity index is 554. The molecule has 0 spiro atoms. The van der Waals surface area contributed by atoms with Crippen LogP contribution in [0.15, 0.2) is 24.5 Å². The number of nitrogen functional groups attached to an aromatic ring is 1. The van der Waals surface area contributed by atoms with Gasteiger partial charge in [-0.25, -0.2) is 9.97 Å². The number of rotatable bonds is 2. The fourth-order valence-electron chi connectivity index (χ4n) is 1.47. The number of benzene rings is 1. The zero-order valence-corrected chi connectivity index (χ0v) is 10.4. The highest BCUT2D eigenvalue weighted by Gasteiger charge is 2.07. The van der Waals surface area contributed by atoms with Gasteiger partial charge in [0.1, 0.15) is 12.0 Å². The Morgan fingerprint density at radius 2 is 2.00 bits per heavy atom. The highest BCUT2D eigenvalue weighted by atomic mass is 35.5. The Morgan fingerprint density at radius 1 is 1.24 bits per heavy atom. The van der Waals surface area contributed by atoms with Gasteiger partial charge in [-0.15, -0.1) is 0 Å². The number of nitrogens with one attached hydrogen (secondary N) is 1. The normalized spacial score (nSPS) is 10.3. The molecule has 88 valence electrons. The van der Waals surface area contributed by atoms with Crippen LogP contribution in [0, 0.1) is 13.8 Å². The van der Waals surface area contributed by atoms with Gasteiger partial charge in [-0.2, -0.15) is 0 Å². The third-order valence-electron chi connectivity index (χ3n) is 2.48. The summed E-state index contributed by atoms with van der Waals surface area (Å²) in [4.78, 5) is 7.88. The first-order chi connectivity index (χ1) is 8.08. The Labute approximate surface area is 105 Å². The Balaban J connectivity index is 2.38. The quantitative estimate of drug-likeness (QED) is 0.802. The second kappa shape index (κ2) is 4.59. The second-order valence-electron chi connectivity index (χ2n) is 3.87. The van der Waals surface area contributed by atoms with Crippen LogP contribution in [0.25, 0.3) is 0 Å². The van der Waals surface area contributed by atoms with Crippen LogP contribution < -0.4 is 11.1 Å². The van der Waals surface area contributed by atoms with E-state index < -0.39 is 0 Å². The lowest BCUT2D eigenvalue weighted by atomic mass is 10.1. The maximum atomic E-state index is 5.84. The molecule has 0 amide bonds. The lowest BCUT2D eigenvalue weighted by Crippen LogP contribution is -2.02. The Hall–Kier alpha value is -1.81. The third-order valence-corrected chi connectivity index (χ3v) is 2.78. The Kier molecular flexibility index (Phi) is 3.15. The summed E-state index contributed by atoms with van der Waals surface area (Å²) in [5, 5.41) is 3.42. The third kappa shape index (κ3) is 2.47. The van der Waals surface area contributed by atoms with E-state index in [0.717, 1.165) is 16.8 Å². The van der Waals surface area contributed by atoms with E-state index in [9.17, 15) is 0 Å². The Morgan fingerprint density at radius 3 is 2.76 bits per heavy atom. The van der Waals surface area contributed by atoms with Crippen molar-refractivity contribution in [3.63, 3.8) is 0 Å². The first-order valence-corrected chi connectivity index (χ1v) is 5.56. The molecule has 3 N–H and O–H groups in total. The number of halogens is 1. The SMILES string of the molecule is Cc1ccc(C)c(Nc2ncnc(Cl)c2N)c1. The summed E-state index contributed by atoms with van der Waals surface area (Å²) in [6.45, 7) is 4.04. The van der Waals surface area contributed by atoms with Crippen LogP contribution in [0.2, 0.25) is 5.15 Å². The van der Waals surface area contributed by atoms with E-state index >= 15 is 0 Å². The number of nitrogens with zero attached hydrogens (tertiary/aromatic N) is 2. The fraction of sp³-hybridized carbons (Fsp3) is 0.167. The van der Waals surface area contributed by atoms with E-state index in [2.05, 4.69) is 21.4 Å². The van der Waals surface area contributed by atoms with Crippen LogP contribution in [-0.4, -0.2) is 9.97 Å². The van der Waals surface area contributed by atoms with E-state index in [4.69, 9.17) is 17.3 Å². The number of hydrogen-bond acceptors (Lipinski definition) is 4. The average Bonchev–Trinajstić information content (AvgIpc) is 2.30. The summed E-state index contributed by atoms with van der Waals surface area (Å²) in [5.41, 5.74) is 9.40. The molecule has 0 aliphatic rings. The van der Waals surface area contributed by atoms with E-state index in [0.29, 0.717) is 11.5 Å². The molecule has 0 saturated heterocycles. The minimum Gasteiger partial charge on any atom is -0.393 e. The van der Waals surface area contributed by atoms with E-state index in [1.807, 2.05) is 26.0 Å². The number of hydrogen-bond donors (Lipinski definition) is 2. The van der Waals surface area contributed by atoms with Crippen LogP contribution in [0.5, 0.6) is 0 Å². The van der Waals surface area contributed by atoms with Gasteiger partial charge in [-0.05, 0) is 31.0 Å². The second-order valence-corrected chi connectivity index (χ2v) is 4.23. The van der Waals surface area contributed by atoms with Crippen LogP contribution in [0.4, 0.5) is 17.2 Å². The fourth-order valence-corrected chi connectivity index (χ4v) is 1.60. The summed E-state index contributed by atoms with van der Waals surface area (Å²) in [6, 6.07) is 6.12. The van der Waals surface area contributed by atoms with Crippen LogP contribution in [-0.2, 0) is 0 Å². The van der Waals surface area contributed by atoms with Crippen molar-refractivity contribution in [2.45, 2.75) is 13.8 Å². The van der Waals surface area contributed by atoms with Crippen molar-refractivity contribution in [1.29, 1.82) is 0 Å². The average molecular weight is 249 g/mol. The van der Waals surface area contributed by atoms with Gasteiger partial charge in [0.25, 0.3) is 0 Å². The van der Waals surface area contributed by atoms with E-state index in [-0.39, 0.29) is 5.15 Å². The summed E-state index contributed by atoms with van der Waals surface area (Å²) in [5.74, 6) is 0.527. The number of aromatic nitrogens is 2. The van der Waals surface area contributed by atoms with Gasteiger partial charge >= 0.3 is 0 Å². The van der Waals surface area contributed by atoms with Gasteiger partial charge in [0.05, 0.1) is 0 Å². The molecule has 17 heavy (non-hydrogen) atoms. The molecule has 0 aliphatic carbocycles. The van der Waals surface area contributed by atoms with Gasteiger partial charge in [-0.3, -0.25) is 0 Å². The molecule has 4 nitrogen and oxygen atoms in total. The van der Waals surface area contributed by atoms with Crippen LogP contribution in [0.1, 0.15) is 11.1 Å². The molecule has 1 aromatic carbocycles. The van der Waals surface area contributed by atoms with Crippen molar-refractivity contribution in [3.05, 3.63) is 40.8 Å². The molecular formula is C12H13ClN4. The molecule has 0 atom stereocenters. The summed E-state index contributed by atoms with van der Waals surface area (Å²) >= 11 is 5.84. The standard InChI is InChI=1S/C12H13ClN4/c1-7-3-4-8(2)9(5-7)17-12-10(14)11(13)15-6-16-12/h3-6H,14H2,1-2H3,(H,15,16,17). The monoisotopic (exact) mass is 248 g/mol. The largest absolute Gasteiger partial charge is 0.393 e. The highest BCUT2D eigenvalue weighted by molar-refractivity contribution is 6.32. The van der Waals surface area contributed by atoms with E-state index in [1.165, 1.54) is 6.33 Å². The topological polar surface area (TPSA) is 63.8 Å². The summed E-state index contributed by atoms with van der Waals surface area (Å²) in [7, 11) is 0. The van der Waals surface area contributed by atoms with Gasteiger partial charge in [0.15, 0.2) is 11.0 Å². The van der Waals surface area contributed by atoms with Crippen molar-refractivity contribution < 1.29 is 0 Å². The van der Waals surface area contributed by atoms with Crippen molar-refractivity contribution in [2.75, 3.05) is 11.1 Å². The summed E-state index contributed by atoms with van der Waals surface area (Å²) < 4.78 is 0. The minimum absolute atomic E-state index is 0.257. The molecule has 5 heteroatoms. The molecule has 0 radical (unpaired) electrons. The molecule has 2 aromatic rings. The molecule has 0 bridgehead atoms. The van der Waals surface area contributed by atoms with Gasteiger partial charge in [0.2, 0.25) is 0 Å². The van der Waals surface area contributed by atoms with Crippen molar-refractivity contribution >= 4 is 28.8 Å². The highest BCUT2D eigenvalue weighted by Crippen LogP contribution is 2.27. The number of aryl methyl sites for hydroxylation is 2. The zero-order valence-electron chi connectivity index (χ0n) is 9.66. The lowest BCUT2D eigenvalue weighted by molar-refractivity contribution is 1.17. The predicted octanol–water partition coefficient (Wildman–Crippen LogP) is 3.07. The maximum Gasteiger partial charge on any atom is 0.158 e. The van der Waals surface area contributed by atoms with Crippen LogP contribution in [0.3, 0.4) is 0 Å². The zero-order chi connectivity index (χ0) is 12.4. The molecular weight excluding hydrogens is 236 g/mol. The molecule has 0 saturated carbocycles. The van der Waals surface area contributed by atoms with Gasteiger partial charge < -0.3 is 11.1 Å². The smallest absolute Gasteiger partial charge is 0.158 e. The molecule has 0 fully saturated rings. The van der Waals surface area contributed by atoms with Crippen molar-refractivity contribution in [3.8, 4) is 0 Å². The van der Waals surface area contributed by atoms with Crippen molar-refractivity contribution in [1.82, 2.24) is 9.97 Å². The maximum absolute atomic E-state index is 5.84. The molecule has 0 aliphatic heterocycles. The molecule has 1 aromatic heterocycles. The number of anilines is 3.